The number of hydrogen-bond acceptors (Lipinski definition) is 2. The van der Waals surface area contributed by atoms with Gasteiger partial charge in [0.05, 0.1) is 0 Å². The van der Waals surface area contributed by atoms with Crippen molar-refractivity contribution in [3.05, 3.63) is 11.4 Å². The Kier molecular flexibility index (Phi) is 3.34. The van der Waals surface area contributed by atoms with Crippen LogP contribution in [0.2, 0.25) is 0 Å². The van der Waals surface area contributed by atoms with Crippen molar-refractivity contribution >= 4 is 0 Å². The van der Waals surface area contributed by atoms with E-state index in [2.05, 4.69) is 4.85 Å². The molecule has 0 saturated carbocycles. The fourth-order valence-corrected chi connectivity index (χ4v) is 0.552. The van der Waals surface area contributed by atoms with Crippen LogP contribution in [-0.2, 0) is 4.74 Å². The van der Waals surface area contributed by atoms with Crippen molar-refractivity contribution < 1.29 is 9.84 Å². The maximum Gasteiger partial charge on any atom is 0.274 e. The van der Waals surface area contributed by atoms with Crippen molar-refractivity contribution in [3.63, 3.8) is 0 Å². The van der Waals surface area contributed by atoms with E-state index in [1.807, 2.05) is 0 Å². The van der Waals surface area contributed by atoms with Gasteiger partial charge in [-0.2, -0.15) is 0 Å². The van der Waals surface area contributed by atoms with Crippen molar-refractivity contribution in [2.24, 2.45) is 0 Å². The van der Waals surface area contributed by atoms with E-state index in [-0.39, 0.29) is 6.61 Å². The zero-order chi connectivity index (χ0) is 8.20. The normalized spacial score (nSPS) is 14.3. The first-order chi connectivity index (χ1) is 4.58. The Hall–Kier alpha value is -0.590. The number of rotatable bonds is 3. The average Bonchev–Trinajstić information content (AvgIpc) is 1.90. The smallest absolute Gasteiger partial charge is 0.274 e. The lowest BCUT2D eigenvalue weighted by molar-refractivity contribution is -0.00293. The summed E-state index contributed by atoms with van der Waals surface area (Å²) in [5.74, 6) is 0. The van der Waals surface area contributed by atoms with E-state index in [1.54, 1.807) is 13.8 Å². The van der Waals surface area contributed by atoms with E-state index < -0.39 is 11.6 Å². The molecule has 58 valence electrons. The first kappa shape index (κ1) is 9.41. The maximum absolute atomic E-state index is 8.70. The van der Waals surface area contributed by atoms with Gasteiger partial charge in [0, 0.05) is 7.11 Å². The molecule has 0 aromatic rings. The minimum atomic E-state index is -0.545. The Bertz CT molecular complexity index is 137. The highest BCUT2D eigenvalue weighted by Gasteiger charge is 2.33. The third-order valence-corrected chi connectivity index (χ3v) is 1.66. The van der Waals surface area contributed by atoms with Crippen LogP contribution in [0.15, 0.2) is 0 Å². The molecule has 0 amide bonds. The molecule has 3 heteroatoms. The standard InChI is InChI=1S/C7H13NO2/c1-7(2,10-4)6(5-9)8-3/h6,9H,5H2,1-2,4H3/t6-/m1/s1. The fraction of sp³-hybridized carbons (Fsp3) is 0.857. The Morgan fingerprint density at radius 2 is 2.20 bits per heavy atom. The summed E-state index contributed by atoms with van der Waals surface area (Å²) in [7, 11) is 1.54. The minimum absolute atomic E-state index is 0.148. The van der Waals surface area contributed by atoms with Gasteiger partial charge < -0.3 is 14.7 Å². The number of hydrogen-bond donors (Lipinski definition) is 1. The van der Waals surface area contributed by atoms with Crippen LogP contribution in [0.1, 0.15) is 13.8 Å². The zero-order valence-electron chi connectivity index (χ0n) is 6.59. The molecule has 10 heavy (non-hydrogen) atoms. The van der Waals surface area contributed by atoms with Gasteiger partial charge in [0.1, 0.15) is 12.2 Å². The number of ether oxygens (including phenoxy) is 1. The molecular weight excluding hydrogens is 130 g/mol. The van der Waals surface area contributed by atoms with Crippen LogP contribution in [-0.4, -0.2) is 30.5 Å². The molecule has 0 aliphatic heterocycles. The van der Waals surface area contributed by atoms with E-state index in [1.165, 1.54) is 7.11 Å². The van der Waals surface area contributed by atoms with Gasteiger partial charge in [0.25, 0.3) is 6.04 Å². The predicted molar refractivity (Wildman–Crippen MR) is 38.6 cm³/mol. The second-order valence-electron chi connectivity index (χ2n) is 2.64. The largest absolute Gasteiger partial charge is 0.388 e. The van der Waals surface area contributed by atoms with Gasteiger partial charge >= 0.3 is 0 Å². The van der Waals surface area contributed by atoms with E-state index >= 15 is 0 Å². The number of aliphatic hydroxyl groups is 1. The van der Waals surface area contributed by atoms with Crippen molar-refractivity contribution in [2.45, 2.75) is 25.5 Å². The Balaban J connectivity index is 4.15. The summed E-state index contributed by atoms with van der Waals surface area (Å²) in [6.07, 6.45) is 0. The highest BCUT2D eigenvalue weighted by Crippen LogP contribution is 2.15. The maximum atomic E-state index is 8.70. The van der Waals surface area contributed by atoms with Gasteiger partial charge in [-0.05, 0) is 13.8 Å². The number of aliphatic hydroxyl groups excluding tert-OH is 1. The molecule has 0 rings (SSSR count). The van der Waals surface area contributed by atoms with E-state index in [0.29, 0.717) is 0 Å². The summed E-state index contributed by atoms with van der Waals surface area (Å²) in [5, 5.41) is 8.70. The lowest BCUT2D eigenvalue weighted by Gasteiger charge is -2.22. The molecule has 0 bridgehead atoms. The molecule has 1 N–H and O–H groups in total. The SMILES string of the molecule is [C-]#[N+][C@H](CO)C(C)(C)OC. The summed E-state index contributed by atoms with van der Waals surface area (Å²) >= 11 is 0. The molecular formula is C7H13NO2. The third-order valence-electron chi connectivity index (χ3n) is 1.66. The molecule has 0 aliphatic rings. The van der Waals surface area contributed by atoms with E-state index in [4.69, 9.17) is 16.4 Å². The summed E-state index contributed by atoms with van der Waals surface area (Å²) in [6.45, 7) is 10.1. The molecule has 0 aromatic heterocycles. The highest BCUT2D eigenvalue weighted by atomic mass is 16.5. The first-order valence-corrected chi connectivity index (χ1v) is 3.11. The quantitative estimate of drug-likeness (QED) is 0.590. The zero-order valence-corrected chi connectivity index (χ0v) is 6.59. The topological polar surface area (TPSA) is 33.8 Å². The van der Waals surface area contributed by atoms with Crippen LogP contribution < -0.4 is 0 Å². The predicted octanol–water partition coefficient (Wildman–Crippen LogP) is 0.692. The average molecular weight is 143 g/mol. The summed E-state index contributed by atoms with van der Waals surface area (Å²) < 4.78 is 5.01. The molecule has 0 aromatic carbocycles. The van der Waals surface area contributed by atoms with Crippen LogP contribution in [0.4, 0.5) is 0 Å². The summed E-state index contributed by atoms with van der Waals surface area (Å²) in [5.41, 5.74) is -0.545. The van der Waals surface area contributed by atoms with E-state index in [0.717, 1.165) is 0 Å². The number of methoxy groups -OCH3 is 1. The van der Waals surface area contributed by atoms with Gasteiger partial charge in [-0.3, -0.25) is 0 Å². The van der Waals surface area contributed by atoms with Crippen molar-refractivity contribution in [2.75, 3.05) is 13.7 Å². The van der Waals surface area contributed by atoms with Crippen LogP contribution >= 0.6 is 0 Å². The number of nitrogens with zero attached hydrogens (tertiary/aromatic N) is 1. The van der Waals surface area contributed by atoms with Gasteiger partial charge in [0.2, 0.25) is 0 Å². The third kappa shape index (κ3) is 1.98. The van der Waals surface area contributed by atoms with Crippen molar-refractivity contribution in [1.82, 2.24) is 0 Å². The van der Waals surface area contributed by atoms with Crippen LogP contribution in [0, 0.1) is 6.57 Å². The molecule has 0 radical (unpaired) electrons. The van der Waals surface area contributed by atoms with Gasteiger partial charge in [-0.1, -0.05) is 0 Å². The second kappa shape index (κ2) is 3.55. The lowest BCUT2D eigenvalue weighted by atomic mass is 10.0. The molecule has 0 spiro atoms. The Morgan fingerprint density at radius 3 is 2.30 bits per heavy atom. The summed E-state index contributed by atoms with van der Waals surface area (Å²) in [4.78, 5) is 3.22. The molecule has 0 saturated heterocycles. The van der Waals surface area contributed by atoms with Gasteiger partial charge in [0.15, 0.2) is 0 Å². The summed E-state index contributed by atoms with van der Waals surface area (Å²) in [6, 6.07) is -0.461. The lowest BCUT2D eigenvalue weighted by Crippen LogP contribution is -2.38. The highest BCUT2D eigenvalue weighted by molar-refractivity contribution is 4.93. The van der Waals surface area contributed by atoms with Gasteiger partial charge in [-0.15, -0.1) is 0 Å². The monoisotopic (exact) mass is 143 g/mol. The van der Waals surface area contributed by atoms with Crippen LogP contribution in [0.3, 0.4) is 0 Å². The van der Waals surface area contributed by atoms with Gasteiger partial charge in [-0.25, -0.2) is 6.57 Å². The molecule has 0 aliphatic carbocycles. The van der Waals surface area contributed by atoms with Crippen LogP contribution in [0.25, 0.3) is 4.85 Å². The molecule has 0 fully saturated rings. The minimum Gasteiger partial charge on any atom is -0.388 e. The molecule has 3 nitrogen and oxygen atoms in total. The second-order valence-corrected chi connectivity index (χ2v) is 2.64. The molecule has 0 unspecified atom stereocenters. The first-order valence-electron chi connectivity index (χ1n) is 3.11. The molecule has 1 atom stereocenters. The van der Waals surface area contributed by atoms with E-state index in [9.17, 15) is 0 Å². The fourth-order valence-electron chi connectivity index (χ4n) is 0.552. The Labute approximate surface area is 61.4 Å². The van der Waals surface area contributed by atoms with Crippen LogP contribution in [0.5, 0.6) is 0 Å². The van der Waals surface area contributed by atoms with Crippen molar-refractivity contribution in [3.8, 4) is 0 Å². The van der Waals surface area contributed by atoms with Crippen molar-refractivity contribution in [1.29, 1.82) is 0 Å². The molecule has 0 heterocycles. The Morgan fingerprint density at radius 1 is 1.70 bits per heavy atom.